The number of carboxylic acids is 1. The number of nitrogens with zero attached hydrogens (tertiary/aromatic N) is 2. The molecule has 5 nitrogen and oxygen atoms in total. The minimum Gasteiger partial charge on any atom is -0.477 e. The second-order valence-corrected chi connectivity index (χ2v) is 2.36. The number of alkyl halides is 2. The molecule has 1 heterocycles. The molecule has 0 spiro atoms. The lowest BCUT2D eigenvalue weighted by atomic mass is 10.3. The van der Waals surface area contributed by atoms with Crippen LogP contribution in [0.5, 0.6) is 0 Å². The van der Waals surface area contributed by atoms with E-state index in [1.165, 1.54) is 0 Å². The number of aromatic carboxylic acids is 1. The van der Waals surface area contributed by atoms with E-state index in [0.29, 0.717) is 0 Å². The van der Waals surface area contributed by atoms with Gasteiger partial charge in [-0.2, -0.15) is 0 Å². The third-order valence-electron chi connectivity index (χ3n) is 1.37. The van der Waals surface area contributed by atoms with Crippen LogP contribution < -0.4 is 5.32 Å². The molecule has 0 aliphatic carbocycles. The Kier molecular flexibility index (Phi) is 3.27. The van der Waals surface area contributed by atoms with Crippen LogP contribution in [0.3, 0.4) is 0 Å². The van der Waals surface area contributed by atoms with Gasteiger partial charge in [0.05, 0.1) is 6.54 Å². The van der Waals surface area contributed by atoms with Crippen LogP contribution >= 0.6 is 0 Å². The number of rotatable bonds is 4. The maximum Gasteiger partial charge on any atom is 0.341 e. The van der Waals surface area contributed by atoms with Gasteiger partial charge in [0, 0.05) is 6.20 Å². The highest BCUT2D eigenvalue weighted by atomic mass is 19.3. The molecule has 0 saturated heterocycles. The molecule has 0 aliphatic rings. The normalized spacial score (nSPS) is 10.2. The Morgan fingerprint density at radius 2 is 2.36 bits per heavy atom. The molecule has 1 aromatic heterocycles. The number of nitrogens with one attached hydrogen (secondary N) is 1. The zero-order valence-corrected chi connectivity index (χ0v) is 6.94. The molecule has 14 heavy (non-hydrogen) atoms. The van der Waals surface area contributed by atoms with Crippen LogP contribution in [0.25, 0.3) is 0 Å². The SMILES string of the molecule is O=C(O)c1cncnc1NCC(F)F. The Morgan fingerprint density at radius 3 is 2.93 bits per heavy atom. The highest BCUT2D eigenvalue weighted by Crippen LogP contribution is 2.09. The van der Waals surface area contributed by atoms with Crippen molar-refractivity contribution in [1.82, 2.24) is 9.97 Å². The number of aromatic nitrogens is 2. The lowest BCUT2D eigenvalue weighted by Gasteiger charge is -2.06. The number of halogens is 2. The molecule has 2 N–H and O–H groups in total. The molecule has 76 valence electrons. The topological polar surface area (TPSA) is 75.1 Å². The third kappa shape index (κ3) is 2.61. The van der Waals surface area contributed by atoms with Gasteiger partial charge in [0.25, 0.3) is 6.43 Å². The van der Waals surface area contributed by atoms with Crippen molar-refractivity contribution in [3.05, 3.63) is 18.1 Å². The van der Waals surface area contributed by atoms with E-state index < -0.39 is 18.9 Å². The van der Waals surface area contributed by atoms with Gasteiger partial charge in [0.15, 0.2) is 0 Å². The Balaban J connectivity index is 2.79. The van der Waals surface area contributed by atoms with Gasteiger partial charge < -0.3 is 10.4 Å². The minimum absolute atomic E-state index is 0.104. The average molecular weight is 203 g/mol. The summed E-state index contributed by atoms with van der Waals surface area (Å²) in [7, 11) is 0. The molecule has 0 atom stereocenters. The first-order valence-corrected chi connectivity index (χ1v) is 3.66. The van der Waals surface area contributed by atoms with Gasteiger partial charge in [-0.25, -0.2) is 23.5 Å². The summed E-state index contributed by atoms with van der Waals surface area (Å²) in [6.45, 7) is -0.642. The standard InChI is InChI=1S/C7H7F2N3O2/c8-5(9)2-11-6-4(7(13)14)1-10-3-12-6/h1,3,5H,2H2,(H,13,14)(H,10,11,12). The molecular weight excluding hydrogens is 196 g/mol. The van der Waals surface area contributed by atoms with Crippen LogP contribution in [-0.2, 0) is 0 Å². The first kappa shape index (κ1) is 10.3. The van der Waals surface area contributed by atoms with E-state index in [1.807, 2.05) is 0 Å². The van der Waals surface area contributed by atoms with E-state index >= 15 is 0 Å². The zero-order chi connectivity index (χ0) is 10.6. The van der Waals surface area contributed by atoms with Crippen LogP contribution in [0.15, 0.2) is 12.5 Å². The molecule has 0 amide bonds. The summed E-state index contributed by atoms with van der Waals surface area (Å²) >= 11 is 0. The summed E-state index contributed by atoms with van der Waals surface area (Å²) in [5.74, 6) is -1.37. The smallest absolute Gasteiger partial charge is 0.341 e. The fourth-order valence-corrected chi connectivity index (χ4v) is 0.801. The molecule has 0 unspecified atom stereocenters. The van der Waals surface area contributed by atoms with E-state index in [-0.39, 0.29) is 11.4 Å². The van der Waals surface area contributed by atoms with Crippen molar-refractivity contribution in [2.75, 3.05) is 11.9 Å². The number of anilines is 1. The summed E-state index contributed by atoms with van der Waals surface area (Å²) in [6.07, 6.45) is -0.435. The van der Waals surface area contributed by atoms with Gasteiger partial charge in [-0.15, -0.1) is 0 Å². The summed E-state index contributed by atoms with van der Waals surface area (Å²) in [6, 6.07) is 0. The van der Waals surface area contributed by atoms with Crippen LogP contribution in [0.4, 0.5) is 14.6 Å². The maximum absolute atomic E-state index is 11.8. The van der Waals surface area contributed by atoms with Crippen LogP contribution in [-0.4, -0.2) is 34.0 Å². The van der Waals surface area contributed by atoms with Gasteiger partial charge in [-0.1, -0.05) is 0 Å². The van der Waals surface area contributed by atoms with E-state index in [9.17, 15) is 13.6 Å². The van der Waals surface area contributed by atoms with Crippen LogP contribution in [0, 0.1) is 0 Å². The van der Waals surface area contributed by atoms with E-state index in [0.717, 1.165) is 12.5 Å². The highest BCUT2D eigenvalue weighted by Gasteiger charge is 2.12. The first-order chi connectivity index (χ1) is 6.61. The quantitative estimate of drug-likeness (QED) is 0.758. The molecular formula is C7H7F2N3O2. The van der Waals surface area contributed by atoms with Crippen molar-refractivity contribution in [2.45, 2.75) is 6.43 Å². The molecule has 0 aliphatic heterocycles. The van der Waals surface area contributed by atoms with E-state index in [4.69, 9.17) is 5.11 Å². The highest BCUT2D eigenvalue weighted by molar-refractivity contribution is 5.92. The van der Waals surface area contributed by atoms with Crippen LogP contribution in [0.1, 0.15) is 10.4 Å². The average Bonchev–Trinajstić information content (AvgIpc) is 2.15. The summed E-state index contributed by atoms with van der Waals surface area (Å²) in [5, 5.41) is 10.8. The van der Waals surface area contributed by atoms with Crippen molar-refractivity contribution in [3.63, 3.8) is 0 Å². The number of carboxylic acid groups (broad SMARTS) is 1. The Bertz CT molecular complexity index is 332. The fourth-order valence-electron chi connectivity index (χ4n) is 0.801. The molecule has 1 aromatic rings. The monoisotopic (exact) mass is 203 g/mol. The second kappa shape index (κ2) is 4.45. The third-order valence-corrected chi connectivity index (χ3v) is 1.37. The minimum atomic E-state index is -2.56. The molecule has 0 bridgehead atoms. The lowest BCUT2D eigenvalue weighted by molar-refractivity contribution is 0.0696. The van der Waals surface area contributed by atoms with Gasteiger partial charge in [0.2, 0.25) is 0 Å². The number of hydrogen-bond acceptors (Lipinski definition) is 4. The number of hydrogen-bond donors (Lipinski definition) is 2. The Morgan fingerprint density at radius 1 is 1.64 bits per heavy atom. The Labute approximate surface area is 77.8 Å². The molecule has 7 heteroatoms. The second-order valence-electron chi connectivity index (χ2n) is 2.36. The zero-order valence-electron chi connectivity index (χ0n) is 6.94. The van der Waals surface area contributed by atoms with E-state index in [2.05, 4.69) is 15.3 Å². The van der Waals surface area contributed by atoms with E-state index in [1.54, 1.807) is 0 Å². The summed E-state index contributed by atoms with van der Waals surface area (Å²) < 4.78 is 23.6. The van der Waals surface area contributed by atoms with Gasteiger partial charge in [-0.3, -0.25) is 0 Å². The molecule has 0 radical (unpaired) electrons. The van der Waals surface area contributed by atoms with Crippen molar-refractivity contribution in [3.8, 4) is 0 Å². The maximum atomic E-state index is 11.8. The lowest BCUT2D eigenvalue weighted by Crippen LogP contribution is -2.14. The largest absolute Gasteiger partial charge is 0.477 e. The van der Waals surface area contributed by atoms with Gasteiger partial charge in [-0.05, 0) is 0 Å². The Hall–Kier alpha value is -1.79. The number of carbonyl (C=O) groups is 1. The van der Waals surface area contributed by atoms with Crippen molar-refractivity contribution >= 4 is 11.8 Å². The van der Waals surface area contributed by atoms with Gasteiger partial charge in [0.1, 0.15) is 17.7 Å². The summed E-state index contributed by atoms with van der Waals surface area (Å²) in [4.78, 5) is 17.6. The summed E-state index contributed by atoms with van der Waals surface area (Å²) in [5.41, 5.74) is -0.229. The fraction of sp³-hybridized carbons (Fsp3) is 0.286. The molecule has 1 rings (SSSR count). The van der Waals surface area contributed by atoms with Crippen LogP contribution in [0.2, 0.25) is 0 Å². The van der Waals surface area contributed by atoms with Gasteiger partial charge >= 0.3 is 5.97 Å². The molecule has 0 fully saturated rings. The van der Waals surface area contributed by atoms with Crippen molar-refractivity contribution in [1.29, 1.82) is 0 Å². The first-order valence-electron chi connectivity index (χ1n) is 3.66. The van der Waals surface area contributed by atoms with Crippen molar-refractivity contribution in [2.24, 2.45) is 0 Å². The predicted molar refractivity (Wildman–Crippen MR) is 43.5 cm³/mol. The molecule has 0 aromatic carbocycles. The molecule has 0 saturated carbocycles. The van der Waals surface area contributed by atoms with Crippen molar-refractivity contribution < 1.29 is 18.7 Å². The predicted octanol–water partition coefficient (Wildman–Crippen LogP) is 0.852.